The maximum Gasteiger partial charge on any atom is 0.351 e. The van der Waals surface area contributed by atoms with Crippen molar-refractivity contribution in [3.63, 3.8) is 0 Å². The Morgan fingerprint density at radius 3 is 3.12 bits per heavy atom. The zero-order chi connectivity index (χ0) is 12.4. The average molecular weight is 236 g/mol. The Morgan fingerprint density at radius 1 is 1.76 bits per heavy atom. The lowest BCUT2D eigenvalue weighted by atomic mass is 10.1. The first-order chi connectivity index (χ1) is 8.15. The molecule has 1 aromatic rings. The minimum atomic E-state index is -0.710. The number of hydrogen-bond acceptors (Lipinski definition) is 6. The molecule has 7 nitrogen and oxygen atoms in total. The summed E-state index contributed by atoms with van der Waals surface area (Å²) in [5.41, 5.74) is 4.82. The zero-order valence-corrected chi connectivity index (χ0v) is 8.98. The molecule has 7 heteroatoms. The van der Waals surface area contributed by atoms with Crippen LogP contribution in [0.5, 0.6) is 0 Å². The van der Waals surface area contributed by atoms with Crippen LogP contribution >= 0.6 is 0 Å². The molecule has 3 unspecified atom stereocenters. The van der Waals surface area contributed by atoms with Crippen molar-refractivity contribution in [2.45, 2.75) is 18.8 Å². The van der Waals surface area contributed by atoms with E-state index in [0.29, 0.717) is 6.42 Å². The molecule has 1 aromatic heterocycles. The minimum absolute atomic E-state index is 0.122. The number of aliphatic hydroxyl groups is 1. The molecular formula is C10H12N4O3. The molecule has 3 N–H and O–H groups in total. The van der Waals surface area contributed by atoms with Crippen molar-refractivity contribution >= 4 is 5.82 Å². The number of hydrogen-bond donors (Lipinski definition) is 2. The minimum Gasteiger partial charge on any atom is -0.394 e. The van der Waals surface area contributed by atoms with Gasteiger partial charge in [-0.15, -0.1) is 0 Å². The molecule has 0 radical (unpaired) electrons. The molecule has 0 aromatic carbocycles. The van der Waals surface area contributed by atoms with Gasteiger partial charge < -0.3 is 15.6 Å². The molecule has 1 aliphatic heterocycles. The number of aliphatic hydroxyl groups excluding tert-OH is 1. The lowest BCUT2D eigenvalue weighted by Gasteiger charge is -2.16. The van der Waals surface area contributed by atoms with Gasteiger partial charge in [-0.1, -0.05) is 0 Å². The fraction of sp³-hybridized carbons (Fsp3) is 0.500. The van der Waals surface area contributed by atoms with Crippen molar-refractivity contribution in [3.8, 4) is 6.07 Å². The molecule has 17 heavy (non-hydrogen) atoms. The third-order valence-corrected chi connectivity index (χ3v) is 2.69. The highest BCUT2D eigenvalue weighted by molar-refractivity contribution is 5.23. The smallest absolute Gasteiger partial charge is 0.351 e. The van der Waals surface area contributed by atoms with Gasteiger partial charge >= 0.3 is 5.69 Å². The molecule has 3 atom stereocenters. The van der Waals surface area contributed by atoms with Gasteiger partial charge in [0.2, 0.25) is 0 Å². The Balaban J connectivity index is 2.33. The largest absolute Gasteiger partial charge is 0.394 e. The maximum absolute atomic E-state index is 11.6. The van der Waals surface area contributed by atoms with Gasteiger partial charge in [0.1, 0.15) is 5.82 Å². The van der Waals surface area contributed by atoms with E-state index >= 15 is 0 Å². The van der Waals surface area contributed by atoms with E-state index in [-0.39, 0.29) is 12.4 Å². The summed E-state index contributed by atoms with van der Waals surface area (Å²) in [7, 11) is 0. The summed E-state index contributed by atoms with van der Waals surface area (Å²) in [6, 6.07) is 3.53. The fourth-order valence-corrected chi connectivity index (χ4v) is 1.86. The van der Waals surface area contributed by atoms with E-state index in [1.165, 1.54) is 16.8 Å². The lowest BCUT2D eigenvalue weighted by molar-refractivity contribution is -0.0304. The number of nitrogen functional groups attached to an aromatic ring is 1. The summed E-state index contributed by atoms with van der Waals surface area (Å²) in [4.78, 5) is 15.2. The van der Waals surface area contributed by atoms with Gasteiger partial charge in [-0.3, -0.25) is 4.57 Å². The van der Waals surface area contributed by atoms with E-state index in [2.05, 4.69) is 11.1 Å². The van der Waals surface area contributed by atoms with Gasteiger partial charge in [-0.2, -0.15) is 10.2 Å². The summed E-state index contributed by atoms with van der Waals surface area (Å²) in [6.45, 7) is -0.175. The first-order valence-corrected chi connectivity index (χ1v) is 5.16. The van der Waals surface area contributed by atoms with E-state index < -0.39 is 23.9 Å². The Hall–Kier alpha value is -1.91. The second-order valence-electron chi connectivity index (χ2n) is 3.84. The van der Waals surface area contributed by atoms with E-state index in [1.54, 1.807) is 0 Å². The molecule has 1 aliphatic rings. The molecule has 0 bridgehead atoms. The van der Waals surface area contributed by atoms with Crippen LogP contribution < -0.4 is 11.4 Å². The number of nitriles is 1. The van der Waals surface area contributed by atoms with Gasteiger partial charge in [0, 0.05) is 6.20 Å². The highest BCUT2D eigenvalue weighted by Crippen LogP contribution is 2.32. The number of aromatic nitrogens is 2. The molecular weight excluding hydrogens is 224 g/mol. The van der Waals surface area contributed by atoms with Gasteiger partial charge in [-0.25, -0.2) is 4.79 Å². The van der Waals surface area contributed by atoms with E-state index in [1.807, 2.05) is 0 Å². The van der Waals surface area contributed by atoms with Crippen LogP contribution in [-0.2, 0) is 4.74 Å². The maximum atomic E-state index is 11.6. The second kappa shape index (κ2) is 4.53. The highest BCUT2D eigenvalue weighted by Gasteiger charge is 2.36. The summed E-state index contributed by atoms with van der Waals surface area (Å²) in [5.74, 6) is -0.355. The van der Waals surface area contributed by atoms with Gasteiger partial charge in [0.15, 0.2) is 6.23 Å². The third kappa shape index (κ3) is 2.13. The molecule has 0 amide bonds. The Kier molecular flexibility index (Phi) is 3.08. The van der Waals surface area contributed by atoms with Gasteiger partial charge in [-0.05, 0) is 12.5 Å². The summed E-state index contributed by atoms with van der Waals surface area (Å²) >= 11 is 0. The van der Waals surface area contributed by atoms with Gasteiger partial charge in [0.25, 0.3) is 0 Å². The standard InChI is InChI=1S/C10H12N4O3/c11-4-6-3-7(5-15)17-9(6)14-2-1-8(12)13-10(14)16/h1-2,6-7,9,15H,3,5H2,(H2,12,13,16). The van der Waals surface area contributed by atoms with Crippen molar-refractivity contribution in [2.75, 3.05) is 12.3 Å². The SMILES string of the molecule is N#CC1CC(CO)OC1n1ccc(N)nc1=O. The van der Waals surface area contributed by atoms with Crippen LogP contribution in [0.25, 0.3) is 0 Å². The van der Waals surface area contributed by atoms with E-state index in [4.69, 9.17) is 20.8 Å². The number of nitrogens with zero attached hydrogens (tertiary/aromatic N) is 3. The van der Waals surface area contributed by atoms with Crippen molar-refractivity contribution < 1.29 is 9.84 Å². The van der Waals surface area contributed by atoms with Crippen LogP contribution in [0.4, 0.5) is 5.82 Å². The predicted octanol–water partition coefficient (Wildman–Crippen LogP) is -0.755. The van der Waals surface area contributed by atoms with Crippen LogP contribution in [-0.4, -0.2) is 27.4 Å². The predicted molar refractivity (Wildman–Crippen MR) is 57.6 cm³/mol. The van der Waals surface area contributed by atoms with Crippen LogP contribution in [0.2, 0.25) is 0 Å². The Labute approximate surface area is 97.1 Å². The fourth-order valence-electron chi connectivity index (χ4n) is 1.86. The van der Waals surface area contributed by atoms with Crippen LogP contribution in [0, 0.1) is 17.2 Å². The van der Waals surface area contributed by atoms with Gasteiger partial charge in [0.05, 0.1) is 24.7 Å². The quantitative estimate of drug-likeness (QED) is 0.698. The molecule has 0 spiro atoms. The number of anilines is 1. The normalized spacial score (nSPS) is 27.9. The topological polar surface area (TPSA) is 114 Å². The Morgan fingerprint density at radius 2 is 2.53 bits per heavy atom. The van der Waals surface area contributed by atoms with E-state index in [9.17, 15) is 4.79 Å². The molecule has 1 saturated heterocycles. The zero-order valence-electron chi connectivity index (χ0n) is 8.98. The number of ether oxygens (including phenoxy) is 1. The highest BCUT2D eigenvalue weighted by atomic mass is 16.5. The van der Waals surface area contributed by atoms with Crippen LogP contribution in [0.3, 0.4) is 0 Å². The molecule has 90 valence electrons. The van der Waals surface area contributed by atoms with Crippen molar-refractivity contribution in [2.24, 2.45) is 5.92 Å². The number of rotatable bonds is 2. The lowest BCUT2D eigenvalue weighted by Crippen LogP contribution is -2.30. The average Bonchev–Trinajstić information content (AvgIpc) is 2.72. The monoisotopic (exact) mass is 236 g/mol. The van der Waals surface area contributed by atoms with E-state index in [0.717, 1.165) is 0 Å². The first kappa shape index (κ1) is 11.6. The summed E-state index contributed by atoms with van der Waals surface area (Å²) in [5, 5.41) is 18.0. The Bertz CT molecular complexity index is 507. The molecule has 2 heterocycles. The molecule has 0 saturated carbocycles. The van der Waals surface area contributed by atoms with Crippen molar-refractivity contribution in [1.82, 2.24) is 9.55 Å². The summed E-state index contributed by atoms with van der Waals surface area (Å²) in [6.07, 6.45) is 0.709. The van der Waals surface area contributed by atoms with Crippen LogP contribution in [0.1, 0.15) is 12.6 Å². The molecule has 2 rings (SSSR count). The van der Waals surface area contributed by atoms with Crippen molar-refractivity contribution in [1.29, 1.82) is 5.26 Å². The first-order valence-electron chi connectivity index (χ1n) is 5.16. The van der Waals surface area contributed by atoms with Crippen LogP contribution in [0.15, 0.2) is 17.1 Å². The number of nitrogens with two attached hydrogens (primary N) is 1. The third-order valence-electron chi connectivity index (χ3n) is 2.69. The molecule has 0 aliphatic carbocycles. The van der Waals surface area contributed by atoms with Crippen molar-refractivity contribution in [3.05, 3.63) is 22.7 Å². The molecule has 1 fully saturated rings. The second-order valence-corrected chi connectivity index (χ2v) is 3.84. The summed E-state index contributed by atoms with van der Waals surface area (Å²) < 4.78 is 6.65.